The molecular formula is C13H17NO4. The Morgan fingerprint density at radius 1 is 1.56 bits per heavy atom. The quantitative estimate of drug-likeness (QED) is 0.459. The molecule has 0 spiro atoms. The molecule has 0 fully saturated rings. The fourth-order valence-corrected chi connectivity index (χ4v) is 1.30. The molecule has 0 aliphatic rings. The second-order valence-corrected chi connectivity index (χ2v) is 3.46. The van der Waals surface area contributed by atoms with Crippen LogP contribution in [0.1, 0.15) is 18.8 Å². The number of hydrogen-bond donors (Lipinski definition) is 2. The van der Waals surface area contributed by atoms with E-state index in [0.717, 1.165) is 0 Å². The van der Waals surface area contributed by atoms with E-state index in [9.17, 15) is 9.90 Å². The molecule has 5 nitrogen and oxygen atoms in total. The number of carbonyl (C=O) groups is 1. The maximum absolute atomic E-state index is 11.5. The summed E-state index contributed by atoms with van der Waals surface area (Å²) in [6, 6.07) is 6.79. The van der Waals surface area contributed by atoms with Gasteiger partial charge in [-0.25, -0.2) is 0 Å². The summed E-state index contributed by atoms with van der Waals surface area (Å²) in [6.07, 6.45) is 1.63. The number of carbonyl (C=O) groups excluding carboxylic acids is 1. The monoisotopic (exact) mass is 251 g/mol. The zero-order valence-corrected chi connectivity index (χ0v) is 10.4. The normalized spacial score (nSPS) is 12.4. The lowest BCUT2D eigenvalue weighted by Gasteiger charge is -2.10. The number of aliphatic hydroxyl groups is 1. The molecule has 98 valence electrons. The van der Waals surface area contributed by atoms with Crippen LogP contribution in [-0.2, 0) is 14.3 Å². The van der Waals surface area contributed by atoms with Gasteiger partial charge in [0.05, 0.1) is 12.9 Å². The van der Waals surface area contributed by atoms with Gasteiger partial charge >= 0.3 is 0 Å². The molecular weight excluding hydrogens is 234 g/mol. The highest BCUT2D eigenvalue weighted by molar-refractivity contribution is 5.99. The van der Waals surface area contributed by atoms with Crippen molar-refractivity contribution in [3.8, 4) is 0 Å². The van der Waals surface area contributed by atoms with Gasteiger partial charge in [0, 0.05) is 24.4 Å². The molecule has 1 rings (SSSR count). The predicted octanol–water partition coefficient (Wildman–Crippen LogP) is 1.81. The topological polar surface area (TPSA) is 67.8 Å². The van der Waals surface area contributed by atoms with E-state index in [2.05, 4.69) is 5.32 Å². The lowest BCUT2D eigenvalue weighted by atomic mass is 10.2. The number of anilines is 1. The first-order chi connectivity index (χ1) is 8.67. The molecule has 1 aromatic carbocycles. The lowest BCUT2D eigenvalue weighted by molar-refractivity contribution is -0.112. The summed E-state index contributed by atoms with van der Waals surface area (Å²) in [6.45, 7) is 2.34. The maximum Gasteiger partial charge on any atom is 0.251 e. The van der Waals surface area contributed by atoms with Gasteiger partial charge in [0.15, 0.2) is 6.29 Å². The Hall–Kier alpha value is -1.85. The summed E-state index contributed by atoms with van der Waals surface area (Å²) in [4.78, 5) is 11.5. The Labute approximate surface area is 106 Å². The van der Waals surface area contributed by atoms with E-state index in [1.165, 1.54) is 19.4 Å². The van der Waals surface area contributed by atoms with Gasteiger partial charge < -0.3 is 19.9 Å². The Kier molecular flexibility index (Phi) is 5.90. The molecule has 0 saturated carbocycles. The lowest BCUT2D eigenvalue weighted by Crippen LogP contribution is -2.09. The molecule has 2 N–H and O–H groups in total. The van der Waals surface area contributed by atoms with Crippen molar-refractivity contribution in [2.75, 3.05) is 19.0 Å². The van der Waals surface area contributed by atoms with E-state index in [0.29, 0.717) is 17.9 Å². The zero-order chi connectivity index (χ0) is 13.4. The number of nitrogens with one attached hydrogen (secondary N) is 1. The van der Waals surface area contributed by atoms with E-state index >= 15 is 0 Å². The molecule has 0 radical (unpaired) electrons. The molecule has 5 heteroatoms. The molecule has 0 aliphatic carbocycles. The number of amides is 1. The fraction of sp³-hybridized carbons (Fsp3) is 0.308. The van der Waals surface area contributed by atoms with E-state index < -0.39 is 6.29 Å². The molecule has 1 unspecified atom stereocenters. The highest BCUT2D eigenvalue weighted by Crippen LogP contribution is 2.17. The van der Waals surface area contributed by atoms with Crippen LogP contribution in [0.3, 0.4) is 0 Å². The van der Waals surface area contributed by atoms with Crippen molar-refractivity contribution in [1.82, 2.24) is 0 Å². The fourth-order valence-electron chi connectivity index (χ4n) is 1.30. The van der Waals surface area contributed by atoms with Crippen molar-refractivity contribution in [2.45, 2.75) is 13.2 Å². The summed E-state index contributed by atoms with van der Waals surface area (Å²) < 4.78 is 9.70. The van der Waals surface area contributed by atoms with Crippen LogP contribution < -0.4 is 5.32 Å². The minimum atomic E-state index is -0.999. The standard InChI is InChI=1S/C13H17NO4/c1-3-18-8-7-12(15)14-11-6-4-5-10(9-11)13(16)17-2/h4-9,13,16H,3H2,1-2H3,(H,14,15). The van der Waals surface area contributed by atoms with E-state index in [4.69, 9.17) is 9.47 Å². The van der Waals surface area contributed by atoms with Gasteiger partial charge in [0.25, 0.3) is 5.91 Å². The second kappa shape index (κ2) is 7.47. The summed E-state index contributed by atoms with van der Waals surface area (Å²) in [5.74, 6) is -0.299. The van der Waals surface area contributed by atoms with Crippen LogP contribution in [0.4, 0.5) is 5.69 Å². The highest BCUT2D eigenvalue weighted by Gasteiger charge is 2.06. The van der Waals surface area contributed by atoms with Crippen LogP contribution in [0.15, 0.2) is 36.6 Å². The van der Waals surface area contributed by atoms with E-state index in [-0.39, 0.29) is 5.91 Å². The highest BCUT2D eigenvalue weighted by atomic mass is 16.6. The molecule has 0 saturated heterocycles. The molecule has 1 amide bonds. The number of ether oxygens (including phenoxy) is 2. The van der Waals surface area contributed by atoms with Crippen LogP contribution in [-0.4, -0.2) is 24.7 Å². The smallest absolute Gasteiger partial charge is 0.251 e. The summed E-state index contributed by atoms with van der Waals surface area (Å²) in [5, 5.41) is 12.1. The third-order valence-corrected chi connectivity index (χ3v) is 2.14. The van der Waals surface area contributed by atoms with E-state index in [1.807, 2.05) is 6.92 Å². The van der Waals surface area contributed by atoms with Crippen molar-refractivity contribution >= 4 is 11.6 Å². The summed E-state index contributed by atoms with van der Waals surface area (Å²) >= 11 is 0. The van der Waals surface area contributed by atoms with Crippen molar-refractivity contribution in [2.24, 2.45) is 0 Å². The van der Waals surface area contributed by atoms with Crippen LogP contribution >= 0.6 is 0 Å². The van der Waals surface area contributed by atoms with E-state index in [1.54, 1.807) is 24.3 Å². The average molecular weight is 251 g/mol. The molecule has 0 aliphatic heterocycles. The van der Waals surface area contributed by atoms with Gasteiger partial charge in [0.1, 0.15) is 0 Å². The number of hydrogen-bond acceptors (Lipinski definition) is 4. The van der Waals surface area contributed by atoms with Crippen LogP contribution in [0.2, 0.25) is 0 Å². The molecule has 1 atom stereocenters. The molecule has 0 aromatic heterocycles. The van der Waals surface area contributed by atoms with Crippen molar-refractivity contribution < 1.29 is 19.4 Å². The van der Waals surface area contributed by atoms with Gasteiger partial charge in [-0.15, -0.1) is 0 Å². The number of aliphatic hydroxyl groups excluding tert-OH is 1. The maximum atomic E-state index is 11.5. The van der Waals surface area contributed by atoms with Crippen molar-refractivity contribution in [3.63, 3.8) is 0 Å². The Morgan fingerprint density at radius 3 is 3.00 bits per heavy atom. The first kappa shape index (κ1) is 14.2. The average Bonchev–Trinajstić information content (AvgIpc) is 2.38. The molecule has 1 aromatic rings. The predicted molar refractivity (Wildman–Crippen MR) is 67.8 cm³/mol. The first-order valence-corrected chi connectivity index (χ1v) is 5.57. The van der Waals surface area contributed by atoms with Gasteiger partial charge in [0.2, 0.25) is 0 Å². The minimum Gasteiger partial charge on any atom is -0.501 e. The zero-order valence-electron chi connectivity index (χ0n) is 10.4. The SMILES string of the molecule is CCOC=CC(=O)Nc1cccc(C(O)OC)c1. The Bertz CT molecular complexity index is 417. The van der Waals surface area contributed by atoms with Gasteiger partial charge in [-0.2, -0.15) is 0 Å². The summed E-state index contributed by atoms with van der Waals surface area (Å²) in [7, 11) is 1.40. The third-order valence-electron chi connectivity index (χ3n) is 2.14. The Balaban J connectivity index is 2.64. The summed E-state index contributed by atoms with van der Waals surface area (Å²) in [5.41, 5.74) is 1.15. The van der Waals surface area contributed by atoms with Crippen molar-refractivity contribution in [1.29, 1.82) is 0 Å². The minimum absolute atomic E-state index is 0.299. The second-order valence-electron chi connectivity index (χ2n) is 3.46. The number of rotatable bonds is 6. The molecule has 0 bridgehead atoms. The largest absolute Gasteiger partial charge is 0.501 e. The van der Waals surface area contributed by atoms with Crippen LogP contribution in [0.5, 0.6) is 0 Å². The molecule has 18 heavy (non-hydrogen) atoms. The van der Waals surface area contributed by atoms with Gasteiger partial charge in [-0.05, 0) is 19.1 Å². The van der Waals surface area contributed by atoms with Gasteiger partial charge in [-0.1, -0.05) is 12.1 Å². The van der Waals surface area contributed by atoms with Crippen molar-refractivity contribution in [3.05, 3.63) is 42.2 Å². The molecule has 0 heterocycles. The number of benzene rings is 1. The number of methoxy groups -OCH3 is 1. The van der Waals surface area contributed by atoms with Crippen LogP contribution in [0, 0.1) is 0 Å². The first-order valence-electron chi connectivity index (χ1n) is 5.57. The van der Waals surface area contributed by atoms with Gasteiger partial charge in [-0.3, -0.25) is 4.79 Å². The van der Waals surface area contributed by atoms with Crippen LogP contribution in [0.25, 0.3) is 0 Å². The third kappa shape index (κ3) is 4.57. The Morgan fingerprint density at radius 2 is 2.33 bits per heavy atom.